The molecule has 0 aliphatic carbocycles. The molecule has 0 bridgehead atoms. The molecule has 0 aliphatic heterocycles. The molecule has 0 saturated heterocycles. The third-order valence-corrected chi connectivity index (χ3v) is 25.9. The minimum absolute atomic E-state index is 0.638. The van der Waals surface area contributed by atoms with E-state index in [0.29, 0.717) is 5.82 Å². The molecule has 8 aromatic heterocycles. The van der Waals surface area contributed by atoms with Crippen LogP contribution < -0.4 is 0 Å². The molecule has 0 spiro atoms. The number of rotatable bonds is 10. The molecule has 0 unspecified atom stereocenters. The van der Waals surface area contributed by atoms with Crippen LogP contribution in [-0.4, -0.2) is 29.1 Å². The Balaban J connectivity index is 0.000000136. The van der Waals surface area contributed by atoms with E-state index in [1.54, 1.807) is 0 Å². The Kier molecular flexibility index (Phi) is 16.1. The van der Waals surface area contributed by atoms with Gasteiger partial charge < -0.3 is 18.0 Å². The van der Waals surface area contributed by atoms with Gasteiger partial charge in [-0.2, -0.15) is 0 Å². The molecular formula is C114H68N6O2S. The first kappa shape index (κ1) is 69.9. The standard InChI is InChI=1S/C61H37N3S.C53H31N3O2/c1-3-17-38(18-4-1)60-51-37-49(61-59(48-25-11-16-30-57(48)65-61)58(51)47-24-7-12-26-52(47)62-60)41-33-40(34-43(35-41)64-53-27-13-8-21-44(53)45-22-9-14-28-54(45)64)39-31-32-56-50(36-39)46-23-10-15-29-55(46)63(56)42-19-5-2-6-20-42;1-3-13-32(14-4-1)33-23-25-34(26-24-33)44-31-45(56-53(55-44)35-15-5-2-6-16-35)41-30-42-49(50-39-19-9-12-22-47(39)58-52(41)50)38-18-7-10-20-43(38)54-51(42)36-27-28-48-40(29-36)37-17-8-11-21-46(37)57-48/h1-37H;1-31H. The predicted molar refractivity (Wildman–Crippen MR) is 514 cm³/mol. The van der Waals surface area contributed by atoms with Gasteiger partial charge in [-0.05, 0) is 155 Å². The van der Waals surface area contributed by atoms with Crippen molar-refractivity contribution in [2.75, 3.05) is 0 Å². The Morgan fingerprint density at radius 2 is 0.675 bits per heavy atom. The topological polar surface area (TPSA) is 87.7 Å². The summed E-state index contributed by atoms with van der Waals surface area (Å²) in [4.78, 5) is 21.4. The van der Waals surface area contributed by atoms with Gasteiger partial charge in [-0.25, -0.2) is 19.9 Å². The van der Waals surface area contributed by atoms with Gasteiger partial charge in [0.15, 0.2) is 5.82 Å². The molecule has 0 radical (unpaired) electrons. The highest BCUT2D eigenvalue weighted by Crippen LogP contribution is 2.52. The lowest BCUT2D eigenvalue weighted by Gasteiger charge is -2.17. The zero-order valence-electron chi connectivity index (χ0n) is 66.2. The average Bonchev–Trinajstić information content (AvgIpc) is 1.52. The van der Waals surface area contributed by atoms with Gasteiger partial charge in [0.2, 0.25) is 0 Å². The van der Waals surface area contributed by atoms with Crippen molar-refractivity contribution >= 4 is 162 Å². The highest BCUT2D eigenvalue weighted by molar-refractivity contribution is 7.26. The number of aromatic nitrogens is 6. The summed E-state index contributed by atoms with van der Waals surface area (Å²) in [5.74, 6) is 0.638. The van der Waals surface area contributed by atoms with Crippen LogP contribution in [0.15, 0.2) is 421 Å². The molecule has 9 heteroatoms. The second kappa shape index (κ2) is 28.3. The summed E-state index contributed by atoms with van der Waals surface area (Å²) in [6, 6.07) is 147. The molecule has 18 aromatic carbocycles. The van der Waals surface area contributed by atoms with Crippen molar-refractivity contribution in [3.8, 4) is 101 Å². The number of furan rings is 2. The van der Waals surface area contributed by atoms with Crippen LogP contribution in [-0.2, 0) is 0 Å². The monoisotopic (exact) mass is 1580 g/mol. The fraction of sp³-hybridized carbons (Fsp3) is 0. The third kappa shape index (κ3) is 11.4. The van der Waals surface area contributed by atoms with Crippen LogP contribution in [0.4, 0.5) is 0 Å². The second-order valence-corrected chi connectivity index (χ2v) is 32.8. The molecule has 8 heterocycles. The van der Waals surface area contributed by atoms with Crippen molar-refractivity contribution in [3.05, 3.63) is 413 Å². The van der Waals surface area contributed by atoms with Gasteiger partial charge in [0, 0.05) is 140 Å². The Bertz CT molecular complexity index is 8760. The van der Waals surface area contributed by atoms with E-state index in [9.17, 15) is 0 Å². The fourth-order valence-electron chi connectivity index (χ4n) is 19.2. The zero-order valence-corrected chi connectivity index (χ0v) is 67.0. The van der Waals surface area contributed by atoms with Crippen LogP contribution in [0, 0.1) is 0 Å². The summed E-state index contributed by atoms with van der Waals surface area (Å²) in [5.41, 5.74) is 27.6. The lowest BCUT2D eigenvalue weighted by atomic mass is 9.91. The summed E-state index contributed by atoms with van der Waals surface area (Å²) >= 11 is 1.89. The molecular weight excluding hydrogens is 1520 g/mol. The van der Waals surface area contributed by atoms with Gasteiger partial charge in [-0.15, -0.1) is 11.3 Å². The molecule has 0 N–H and O–H groups in total. The molecule has 572 valence electrons. The minimum Gasteiger partial charge on any atom is -0.456 e. The maximum Gasteiger partial charge on any atom is 0.160 e. The molecule has 26 aromatic rings. The van der Waals surface area contributed by atoms with Crippen molar-refractivity contribution in [2.45, 2.75) is 0 Å². The number of para-hydroxylation sites is 8. The van der Waals surface area contributed by atoms with Gasteiger partial charge in [0.1, 0.15) is 22.3 Å². The van der Waals surface area contributed by atoms with Crippen LogP contribution in [0.5, 0.6) is 0 Å². The van der Waals surface area contributed by atoms with Gasteiger partial charge in [0.25, 0.3) is 0 Å². The van der Waals surface area contributed by atoms with Crippen LogP contribution in [0.1, 0.15) is 0 Å². The van der Waals surface area contributed by atoms with E-state index in [-0.39, 0.29) is 0 Å². The van der Waals surface area contributed by atoms with E-state index in [1.165, 1.54) is 91.2 Å². The molecule has 0 atom stereocenters. The van der Waals surface area contributed by atoms with Crippen molar-refractivity contribution < 1.29 is 8.83 Å². The number of nitrogens with zero attached hydrogens (tertiary/aromatic N) is 6. The number of thiophene rings is 1. The zero-order chi connectivity index (χ0) is 80.7. The first-order chi connectivity index (χ1) is 61.0. The summed E-state index contributed by atoms with van der Waals surface area (Å²) in [6.45, 7) is 0. The number of fused-ring (bicyclic) bond motifs is 23. The summed E-state index contributed by atoms with van der Waals surface area (Å²) in [5, 5.41) is 18.5. The number of hydrogen-bond donors (Lipinski definition) is 0. The fourth-order valence-corrected chi connectivity index (χ4v) is 20.4. The SMILES string of the molecule is c1ccc(-c2ccc(-c3cc(-c4cc5c(-c6ccc7oc8ccccc8c7c6)nc6ccccc6c5c5c4oc4ccccc45)nc(-c4ccccc4)n3)cc2)cc1.c1ccc(-c2nc3ccccc3c3c2cc(-c2cc(-c4ccc5c(c4)c4ccccc4n5-c4ccccc4)cc(-n4c5ccccc5c5ccccc54)c2)c2sc4ccccc4c23)cc1. The highest BCUT2D eigenvalue weighted by atomic mass is 32.1. The summed E-state index contributed by atoms with van der Waals surface area (Å²) in [7, 11) is 0. The van der Waals surface area contributed by atoms with Gasteiger partial charge >= 0.3 is 0 Å². The maximum atomic E-state index is 6.90. The van der Waals surface area contributed by atoms with E-state index in [1.807, 2.05) is 59.9 Å². The highest BCUT2D eigenvalue weighted by Gasteiger charge is 2.27. The molecule has 0 aliphatic rings. The Morgan fingerprint density at radius 1 is 0.220 bits per heavy atom. The average molecular weight is 1590 g/mol. The first-order valence-electron chi connectivity index (χ1n) is 41.6. The Morgan fingerprint density at radius 3 is 1.35 bits per heavy atom. The smallest absolute Gasteiger partial charge is 0.160 e. The van der Waals surface area contributed by atoms with Crippen LogP contribution in [0.2, 0.25) is 0 Å². The maximum absolute atomic E-state index is 6.90. The van der Waals surface area contributed by atoms with Crippen LogP contribution in [0.3, 0.4) is 0 Å². The third-order valence-electron chi connectivity index (χ3n) is 24.7. The molecule has 0 saturated carbocycles. The lowest BCUT2D eigenvalue weighted by Crippen LogP contribution is -1.97. The van der Waals surface area contributed by atoms with Crippen molar-refractivity contribution in [3.63, 3.8) is 0 Å². The predicted octanol–water partition coefficient (Wildman–Crippen LogP) is 31.3. The molecule has 8 nitrogen and oxygen atoms in total. The summed E-state index contributed by atoms with van der Waals surface area (Å²) < 4.78 is 20.6. The largest absolute Gasteiger partial charge is 0.456 e. The Labute approximate surface area is 709 Å². The number of pyridine rings is 2. The lowest BCUT2D eigenvalue weighted by molar-refractivity contribution is 0.669. The van der Waals surface area contributed by atoms with E-state index < -0.39 is 0 Å². The van der Waals surface area contributed by atoms with Gasteiger partial charge in [0.05, 0.1) is 55.9 Å². The van der Waals surface area contributed by atoms with Crippen molar-refractivity contribution in [1.82, 2.24) is 29.1 Å². The summed E-state index contributed by atoms with van der Waals surface area (Å²) in [6.07, 6.45) is 0. The molecule has 0 amide bonds. The van der Waals surface area contributed by atoms with Crippen molar-refractivity contribution in [1.29, 1.82) is 0 Å². The second-order valence-electron chi connectivity index (χ2n) is 31.8. The molecule has 123 heavy (non-hydrogen) atoms. The van der Waals surface area contributed by atoms with E-state index >= 15 is 0 Å². The van der Waals surface area contributed by atoms with E-state index in [4.69, 9.17) is 28.8 Å². The Hall–Kier alpha value is -16.2. The number of benzene rings is 18. The van der Waals surface area contributed by atoms with Crippen LogP contribution in [0.25, 0.3) is 252 Å². The quantitative estimate of drug-likeness (QED) is 0.127. The van der Waals surface area contributed by atoms with E-state index in [0.717, 1.165) is 155 Å². The van der Waals surface area contributed by atoms with Gasteiger partial charge in [-0.3, -0.25) is 0 Å². The van der Waals surface area contributed by atoms with E-state index in [2.05, 4.69) is 373 Å². The first-order valence-corrected chi connectivity index (χ1v) is 42.4. The van der Waals surface area contributed by atoms with Gasteiger partial charge in [-0.1, -0.05) is 285 Å². The van der Waals surface area contributed by atoms with Crippen LogP contribution >= 0.6 is 11.3 Å². The van der Waals surface area contributed by atoms with Crippen molar-refractivity contribution in [2.24, 2.45) is 0 Å². The molecule has 26 rings (SSSR count). The normalized spacial score (nSPS) is 11.9. The minimum atomic E-state index is 0.638. The molecule has 0 fully saturated rings. The number of hydrogen-bond acceptors (Lipinski definition) is 7.